The third-order valence-electron chi connectivity index (χ3n) is 1.61. The van der Waals surface area contributed by atoms with Gasteiger partial charge in [0.15, 0.2) is 12.5 Å². The summed E-state index contributed by atoms with van der Waals surface area (Å²) < 4.78 is 18.4. The topological polar surface area (TPSA) is 26.3 Å². The molecule has 1 unspecified atom stereocenters. The third kappa shape index (κ3) is 2.28. The van der Waals surface area contributed by atoms with Gasteiger partial charge in [-0.1, -0.05) is 6.07 Å². The van der Waals surface area contributed by atoms with Crippen LogP contribution in [0.4, 0.5) is 4.39 Å². The first-order valence-electron chi connectivity index (χ1n) is 3.62. The molecule has 1 atom stereocenters. The lowest BCUT2D eigenvalue weighted by Gasteiger charge is -2.05. The molecule has 13 heavy (non-hydrogen) atoms. The summed E-state index contributed by atoms with van der Waals surface area (Å²) in [5.41, 5.74) is 0.322. The number of alkyl halides is 1. The molecule has 1 rings (SSSR count). The number of hydrogen-bond acceptors (Lipinski definition) is 2. The molecule has 0 bridgehead atoms. The van der Waals surface area contributed by atoms with Crippen LogP contribution in [0.2, 0.25) is 0 Å². The zero-order chi connectivity index (χ0) is 9.84. The van der Waals surface area contributed by atoms with Crippen LogP contribution in [0, 0.1) is 0 Å². The average Bonchev–Trinajstić information content (AvgIpc) is 2.16. The van der Waals surface area contributed by atoms with Gasteiger partial charge < -0.3 is 4.74 Å². The molecular weight excluding hydrogens is 239 g/mol. The van der Waals surface area contributed by atoms with Crippen molar-refractivity contribution in [2.24, 2.45) is 0 Å². The molecule has 0 amide bonds. The van der Waals surface area contributed by atoms with Crippen LogP contribution in [0.3, 0.4) is 0 Å². The quantitative estimate of drug-likeness (QED) is 0.767. The molecule has 0 fully saturated rings. The molecule has 0 aromatic heterocycles. The fourth-order valence-electron chi connectivity index (χ4n) is 0.933. The van der Waals surface area contributed by atoms with E-state index in [0.717, 1.165) is 0 Å². The van der Waals surface area contributed by atoms with E-state index in [0.29, 0.717) is 15.8 Å². The van der Waals surface area contributed by atoms with Crippen LogP contribution in [0.15, 0.2) is 22.7 Å². The van der Waals surface area contributed by atoms with Gasteiger partial charge in [-0.2, -0.15) is 0 Å². The Morgan fingerprint density at radius 2 is 2.31 bits per heavy atom. The first kappa shape index (κ1) is 10.2. The second kappa shape index (κ2) is 4.37. The second-order valence-corrected chi connectivity index (χ2v) is 3.29. The first-order valence-corrected chi connectivity index (χ1v) is 4.41. The fraction of sp³-hybridized carbons (Fsp3) is 0.222. The van der Waals surface area contributed by atoms with Gasteiger partial charge in [0.05, 0.1) is 11.6 Å². The van der Waals surface area contributed by atoms with Crippen LogP contribution >= 0.6 is 15.9 Å². The Labute approximate surface area is 83.8 Å². The van der Waals surface area contributed by atoms with E-state index >= 15 is 0 Å². The number of benzene rings is 1. The summed E-state index contributed by atoms with van der Waals surface area (Å²) in [4.78, 5) is 10.1. The van der Waals surface area contributed by atoms with Gasteiger partial charge in [0.1, 0.15) is 5.75 Å². The lowest BCUT2D eigenvalue weighted by Crippen LogP contribution is -1.93. The van der Waals surface area contributed by atoms with Gasteiger partial charge in [-0.25, -0.2) is 4.39 Å². The van der Waals surface area contributed by atoms with E-state index in [9.17, 15) is 9.18 Å². The molecule has 4 heteroatoms. The van der Waals surface area contributed by atoms with Crippen LogP contribution < -0.4 is 4.74 Å². The minimum atomic E-state index is -1.57. The maximum absolute atomic E-state index is 12.9. The summed E-state index contributed by atoms with van der Waals surface area (Å²) in [5, 5.41) is 0. The van der Waals surface area contributed by atoms with Crippen LogP contribution in [0.1, 0.15) is 11.7 Å². The van der Waals surface area contributed by atoms with E-state index in [1.54, 1.807) is 6.07 Å². The molecule has 0 saturated heterocycles. The highest BCUT2D eigenvalue weighted by molar-refractivity contribution is 9.10. The number of aldehydes is 1. The number of hydrogen-bond donors (Lipinski definition) is 0. The first-order chi connectivity index (χ1) is 6.19. The highest BCUT2D eigenvalue weighted by Crippen LogP contribution is 2.28. The molecule has 0 saturated carbocycles. The van der Waals surface area contributed by atoms with Crippen molar-refractivity contribution in [3.8, 4) is 5.75 Å². The molecular formula is C9H8BrFO2. The normalized spacial score (nSPS) is 12.2. The second-order valence-electron chi connectivity index (χ2n) is 2.43. The summed E-state index contributed by atoms with van der Waals surface area (Å²) in [6, 6.07) is 4.65. The van der Waals surface area contributed by atoms with Crippen molar-refractivity contribution in [1.82, 2.24) is 0 Å². The molecule has 0 heterocycles. The highest BCUT2D eigenvalue weighted by atomic mass is 79.9. The zero-order valence-electron chi connectivity index (χ0n) is 6.96. The molecule has 0 radical (unpaired) electrons. The zero-order valence-corrected chi connectivity index (χ0v) is 8.55. The van der Waals surface area contributed by atoms with Gasteiger partial charge in [-0.15, -0.1) is 0 Å². The van der Waals surface area contributed by atoms with E-state index in [2.05, 4.69) is 15.9 Å². The van der Waals surface area contributed by atoms with E-state index in [1.807, 2.05) is 0 Å². The minimum Gasteiger partial charge on any atom is -0.496 e. The maximum atomic E-state index is 12.9. The Kier molecular flexibility index (Phi) is 3.42. The van der Waals surface area contributed by atoms with Crippen molar-refractivity contribution in [3.63, 3.8) is 0 Å². The van der Waals surface area contributed by atoms with E-state index in [4.69, 9.17) is 4.74 Å². The van der Waals surface area contributed by atoms with Crippen LogP contribution in [-0.2, 0) is 4.79 Å². The summed E-state index contributed by atoms with van der Waals surface area (Å²) in [5.74, 6) is 0.613. The Morgan fingerprint density at radius 1 is 1.62 bits per heavy atom. The molecule has 70 valence electrons. The Hall–Kier alpha value is -0.900. The molecule has 0 aliphatic heterocycles. The lowest BCUT2D eigenvalue weighted by atomic mass is 10.1. The Bertz CT molecular complexity index is 314. The largest absolute Gasteiger partial charge is 0.496 e. The van der Waals surface area contributed by atoms with Crippen molar-refractivity contribution in [2.45, 2.75) is 6.17 Å². The predicted molar refractivity (Wildman–Crippen MR) is 50.6 cm³/mol. The van der Waals surface area contributed by atoms with E-state index < -0.39 is 6.17 Å². The standard InChI is InChI=1S/C9H8BrFO2/c1-13-9-3-2-6(4-7(9)10)8(11)5-12/h2-5,8H,1H3. The smallest absolute Gasteiger partial charge is 0.180 e. The minimum absolute atomic E-state index is 0.258. The average molecular weight is 247 g/mol. The highest BCUT2D eigenvalue weighted by Gasteiger charge is 2.09. The van der Waals surface area contributed by atoms with Gasteiger partial charge in [-0.05, 0) is 33.6 Å². The lowest BCUT2D eigenvalue weighted by molar-refractivity contribution is -0.112. The summed E-state index contributed by atoms with van der Waals surface area (Å²) in [6.07, 6.45) is -1.31. The summed E-state index contributed by atoms with van der Waals surface area (Å²) in [6.45, 7) is 0. The molecule has 0 aliphatic carbocycles. The van der Waals surface area contributed by atoms with Crippen molar-refractivity contribution in [1.29, 1.82) is 0 Å². The van der Waals surface area contributed by atoms with Gasteiger partial charge in [0, 0.05) is 0 Å². The maximum Gasteiger partial charge on any atom is 0.180 e. The van der Waals surface area contributed by atoms with Gasteiger partial charge in [0.25, 0.3) is 0 Å². The van der Waals surface area contributed by atoms with Crippen molar-refractivity contribution < 1.29 is 13.9 Å². The number of methoxy groups -OCH3 is 1. The van der Waals surface area contributed by atoms with Gasteiger partial charge >= 0.3 is 0 Å². The summed E-state index contributed by atoms with van der Waals surface area (Å²) in [7, 11) is 1.52. The molecule has 1 aromatic carbocycles. The number of carbonyl (C=O) groups excluding carboxylic acids is 1. The predicted octanol–water partition coefficient (Wildman–Crippen LogP) is 2.67. The molecule has 2 nitrogen and oxygen atoms in total. The monoisotopic (exact) mass is 246 g/mol. The van der Waals surface area contributed by atoms with Crippen molar-refractivity contribution in [2.75, 3.05) is 7.11 Å². The Morgan fingerprint density at radius 3 is 2.77 bits per heavy atom. The van der Waals surface area contributed by atoms with Crippen LogP contribution in [-0.4, -0.2) is 13.4 Å². The van der Waals surface area contributed by atoms with Gasteiger partial charge in [-0.3, -0.25) is 4.79 Å². The van der Waals surface area contributed by atoms with Crippen LogP contribution in [0.5, 0.6) is 5.75 Å². The number of carbonyl (C=O) groups is 1. The van der Waals surface area contributed by atoms with Gasteiger partial charge in [0.2, 0.25) is 0 Å². The number of rotatable bonds is 3. The third-order valence-corrected chi connectivity index (χ3v) is 2.23. The Balaban J connectivity index is 3.02. The number of halogens is 2. The molecule has 1 aromatic rings. The molecule has 0 aliphatic rings. The fourth-order valence-corrected chi connectivity index (χ4v) is 1.49. The van der Waals surface area contributed by atoms with Crippen molar-refractivity contribution in [3.05, 3.63) is 28.2 Å². The van der Waals surface area contributed by atoms with E-state index in [1.165, 1.54) is 19.2 Å². The molecule has 0 spiro atoms. The SMILES string of the molecule is COc1ccc(C(F)C=O)cc1Br. The molecule has 0 N–H and O–H groups in total. The van der Waals surface area contributed by atoms with Crippen LogP contribution in [0.25, 0.3) is 0 Å². The van der Waals surface area contributed by atoms with E-state index in [-0.39, 0.29) is 6.29 Å². The number of ether oxygens (including phenoxy) is 1. The van der Waals surface area contributed by atoms with Crippen molar-refractivity contribution >= 4 is 22.2 Å². The summed E-state index contributed by atoms with van der Waals surface area (Å²) >= 11 is 3.20.